The van der Waals surface area contributed by atoms with Crippen molar-refractivity contribution in [2.75, 3.05) is 24.3 Å². The van der Waals surface area contributed by atoms with Gasteiger partial charge in [-0.15, -0.1) is 0 Å². The minimum atomic E-state index is -0.111. The number of urea groups is 1. The van der Waals surface area contributed by atoms with Crippen molar-refractivity contribution in [2.24, 2.45) is 0 Å². The standard InChI is InChI=1S/C22H29N3O2/c1-27-21-9-5-6-17(16-21)14-15-23-18-10-12-20(13-11-18)25-22(26)24-19-7-3-2-4-8-19/h5-6,9-13,16,19,23H,2-4,7-8,14-15H2,1H3,(H2,24,25,26). The Kier molecular flexibility index (Phi) is 6.97. The van der Waals surface area contributed by atoms with Crippen molar-refractivity contribution in [3.05, 3.63) is 54.1 Å². The molecule has 5 nitrogen and oxygen atoms in total. The molecule has 0 aliphatic heterocycles. The van der Waals surface area contributed by atoms with E-state index in [-0.39, 0.29) is 6.03 Å². The number of carbonyl (C=O) groups excluding carboxylic acids is 1. The third-order valence-corrected chi connectivity index (χ3v) is 4.96. The Balaban J connectivity index is 1.42. The highest BCUT2D eigenvalue weighted by Gasteiger charge is 2.15. The van der Waals surface area contributed by atoms with Crippen LogP contribution in [0.15, 0.2) is 48.5 Å². The molecule has 1 aliphatic rings. The van der Waals surface area contributed by atoms with Crippen LogP contribution in [-0.4, -0.2) is 25.7 Å². The number of benzene rings is 2. The first-order valence-electron chi connectivity index (χ1n) is 9.77. The van der Waals surface area contributed by atoms with Gasteiger partial charge < -0.3 is 20.7 Å². The average Bonchev–Trinajstić information content (AvgIpc) is 2.70. The van der Waals surface area contributed by atoms with Gasteiger partial charge in [0.2, 0.25) is 0 Å². The van der Waals surface area contributed by atoms with Gasteiger partial charge in [0, 0.05) is 24.0 Å². The minimum absolute atomic E-state index is 0.111. The molecule has 0 unspecified atom stereocenters. The van der Waals surface area contributed by atoms with E-state index < -0.39 is 0 Å². The molecule has 0 radical (unpaired) electrons. The summed E-state index contributed by atoms with van der Waals surface area (Å²) in [6, 6.07) is 16.1. The van der Waals surface area contributed by atoms with Crippen molar-refractivity contribution < 1.29 is 9.53 Å². The smallest absolute Gasteiger partial charge is 0.319 e. The number of carbonyl (C=O) groups is 1. The number of ether oxygens (including phenoxy) is 1. The second kappa shape index (κ2) is 9.86. The van der Waals surface area contributed by atoms with Crippen LogP contribution in [0.1, 0.15) is 37.7 Å². The maximum Gasteiger partial charge on any atom is 0.319 e. The summed E-state index contributed by atoms with van der Waals surface area (Å²) in [7, 11) is 1.68. The molecule has 1 fully saturated rings. The molecule has 5 heteroatoms. The minimum Gasteiger partial charge on any atom is -0.497 e. The summed E-state index contributed by atoms with van der Waals surface area (Å²) in [5.41, 5.74) is 3.08. The van der Waals surface area contributed by atoms with E-state index >= 15 is 0 Å². The van der Waals surface area contributed by atoms with Crippen molar-refractivity contribution in [3.8, 4) is 5.75 Å². The summed E-state index contributed by atoms with van der Waals surface area (Å²) in [4.78, 5) is 12.1. The monoisotopic (exact) mass is 367 g/mol. The van der Waals surface area contributed by atoms with Crippen LogP contribution >= 0.6 is 0 Å². The van der Waals surface area contributed by atoms with Gasteiger partial charge >= 0.3 is 6.03 Å². The molecule has 144 valence electrons. The zero-order valence-electron chi connectivity index (χ0n) is 16.0. The van der Waals surface area contributed by atoms with Gasteiger partial charge in [-0.25, -0.2) is 4.79 Å². The second-order valence-corrected chi connectivity index (χ2v) is 7.04. The average molecular weight is 367 g/mol. The Morgan fingerprint density at radius 2 is 1.78 bits per heavy atom. The predicted molar refractivity (Wildman–Crippen MR) is 111 cm³/mol. The number of amides is 2. The highest BCUT2D eigenvalue weighted by molar-refractivity contribution is 5.89. The first-order chi connectivity index (χ1) is 13.2. The van der Waals surface area contributed by atoms with Gasteiger partial charge in [-0.05, 0) is 61.2 Å². The predicted octanol–water partition coefficient (Wildman–Crippen LogP) is 4.80. The Hall–Kier alpha value is -2.69. The van der Waals surface area contributed by atoms with Gasteiger partial charge in [0.05, 0.1) is 7.11 Å². The van der Waals surface area contributed by atoms with E-state index in [1.54, 1.807) is 7.11 Å². The molecule has 2 aromatic rings. The molecule has 3 rings (SSSR count). The molecule has 0 aromatic heterocycles. The Morgan fingerprint density at radius 3 is 2.52 bits per heavy atom. The van der Waals surface area contributed by atoms with Gasteiger partial charge in [0.25, 0.3) is 0 Å². The fourth-order valence-corrected chi connectivity index (χ4v) is 3.45. The Morgan fingerprint density at radius 1 is 1.04 bits per heavy atom. The van der Waals surface area contributed by atoms with Crippen LogP contribution in [0.3, 0.4) is 0 Å². The fraction of sp³-hybridized carbons (Fsp3) is 0.409. The summed E-state index contributed by atoms with van der Waals surface area (Å²) in [6.07, 6.45) is 6.79. The van der Waals surface area contributed by atoms with Crippen LogP contribution in [-0.2, 0) is 6.42 Å². The quantitative estimate of drug-likeness (QED) is 0.658. The van der Waals surface area contributed by atoms with E-state index in [9.17, 15) is 4.79 Å². The Bertz CT molecular complexity index is 725. The first kappa shape index (κ1) is 19.1. The van der Waals surface area contributed by atoms with Crippen molar-refractivity contribution >= 4 is 17.4 Å². The second-order valence-electron chi connectivity index (χ2n) is 7.04. The number of anilines is 2. The van der Waals surface area contributed by atoms with Gasteiger partial charge in [-0.2, -0.15) is 0 Å². The van der Waals surface area contributed by atoms with Gasteiger partial charge in [0.15, 0.2) is 0 Å². The normalized spacial score (nSPS) is 14.4. The summed E-state index contributed by atoms with van der Waals surface area (Å²) in [6.45, 7) is 0.835. The lowest BCUT2D eigenvalue weighted by Gasteiger charge is -2.22. The lowest BCUT2D eigenvalue weighted by atomic mass is 9.96. The van der Waals surface area contributed by atoms with E-state index in [1.165, 1.54) is 24.8 Å². The number of methoxy groups -OCH3 is 1. The molecule has 3 N–H and O–H groups in total. The number of hydrogen-bond acceptors (Lipinski definition) is 3. The molecular formula is C22H29N3O2. The Labute approximate surface area is 161 Å². The van der Waals surface area contributed by atoms with Crippen molar-refractivity contribution in [3.63, 3.8) is 0 Å². The SMILES string of the molecule is COc1cccc(CCNc2ccc(NC(=O)NC3CCCCC3)cc2)c1. The lowest BCUT2D eigenvalue weighted by molar-refractivity contribution is 0.244. The molecule has 2 aromatic carbocycles. The maximum absolute atomic E-state index is 12.1. The van der Waals surface area contributed by atoms with E-state index in [4.69, 9.17) is 4.74 Å². The molecule has 0 atom stereocenters. The van der Waals surface area contributed by atoms with Crippen LogP contribution in [0.5, 0.6) is 5.75 Å². The molecule has 1 aliphatic carbocycles. The summed E-state index contributed by atoms with van der Waals surface area (Å²) in [5, 5.41) is 9.39. The fourth-order valence-electron chi connectivity index (χ4n) is 3.45. The molecule has 0 spiro atoms. The van der Waals surface area contributed by atoms with Crippen LogP contribution in [0.4, 0.5) is 16.2 Å². The van der Waals surface area contributed by atoms with Crippen LogP contribution < -0.4 is 20.7 Å². The van der Waals surface area contributed by atoms with Crippen molar-refractivity contribution in [1.29, 1.82) is 0 Å². The lowest BCUT2D eigenvalue weighted by Crippen LogP contribution is -2.38. The molecule has 1 saturated carbocycles. The van der Waals surface area contributed by atoms with Crippen LogP contribution in [0.2, 0.25) is 0 Å². The molecule has 0 bridgehead atoms. The van der Waals surface area contributed by atoms with Gasteiger partial charge in [-0.3, -0.25) is 0 Å². The van der Waals surface area contributed by atoms with Gasteiger partial charge in [0.1, 0.15) is 5.75 Å². The third kappa shape index (κ3) is 6.20. The molecule has 27 heavy (non-hydrogen) atoms. The van der Waals surface area contributed by atoms with Crippen molar-refractivity contribution in [2.45, 2.75) is 44.6 Å². The number of hydrogen-bond donors (Lipinski definition) is 3. The highest BCUT2D eigenvalue weighted by Crippen LogP contribution is 2.18. The number of nitrogens with one attached hydrogen (secondary N) is 3. The summed E-state index contributed by atoms with van der Waals surface area (Å²) >= 11 is 0. The summed E-state index contributed by atoms with van der Waals surface area (Å²) < 4.78 is 5.25. The van der Waals surface area contributed by atoms with E-state index in [1.807, 2.05) is 36.4 Å². The van der Waals surface area contributed by atoms with Crippen LogP contribution in [0.25, 0.3) is 0 Å². The molecule has 0 saturated heterocycles. The van der Waals surface area contributed by atoms with Crippen molar-refractivity contribution in [1.82, 2.24) is 5.32 Å². The first-order valence-corrected chi connectivity index (χ1v) is 9.77. The van der Waals surface area contributed by atoms with Crippen LogP contribution in [0, 0.1) is 0 Å². The number of rotatable bonds is 7. The maximum atomic E-state index is 12.1. The third-order valence-electron chi connectivity index (χ3n) is 4.96. The zero-order chi connectivity index (χ0) is 18.9. The van der Waals surface area contributed by atoms with E-state index in [2.05, 4.69) is 28.1 Å². The summed E-state index contributed by atoms with van der Waals surface area (Å²) in [5.74, 6) is 0.884. The largest absolute Gasteiger partial charge is 0.497 e. The van der Waals surface area contributed by atoms with Gasteiger partial charge in [-0.1, -0.05) is 31.4 Å². The molecule has 2 amide bonds. The molecular weight excluding hydrogens is 338 g/mol. The highest BCUT2D eigenvalue weighted by atomic mass is 16.5. The van der Waals surface area contributed by atoms with E-state index in [0.29, 0.717) is 6.04 Å². The molecule has 0 heterocycles. The topological polar surface area (TPSA) is 62.4 Å². The zero-order valence-corrected chi connectivity index (χ0v) is 16.0. The van der Waals surface area contributed by atoms with E-state index in [0.717, 1.165) is 42.9 Å².